The second-order valence-electron chi connectivity index (χ2n) is 3.91. The third kappa shape index (κ3) is 6.60. The second-order valence-corrected chi connectivity index (χ2v) is 5.90. The smallest absolute Gasteiger partial charge is 0.236 e. The van der Waals surface area contributed by atoms with E-state index in [4.69, 9.17) is 5.73 Å². The zero-order chi connectivity index (χ0) is 13.5. The van der Waals surface area contributed by atoms with E-state index in [1.807, 2.05) is 6.92 Å². The summed E-state index contributed by atoms with van der Waals surface area (Å²) in [6, 6.07) is -0.479. The lowest BCUT2D eigenvalue weighted by Crippen LogP contribution is -2.41. The van der Waals surface area contributed by atoms with Crippen LogP contribution in [0.25, 0.3) is 0 Å². The van der Waals surface area contributed by atoms with Crippen LogP contribution in [0.1, 0.15) is 26.7 Å². The average molecular weight is 265 g/mol. The number of carbonyl (C=O) groups excluding carboxylic acids is 1. The summed E-state index contributed by atoms with van der Waals surface area (Å²) in [7, 11) is -3.14. The number of nitrogens with one attached hydrogen (secondary N) is 1. The number of nitrogens with zero attached hydrogens (tertiary/aromatic N) is 1. The molecule has 0 rings (SSSR count). The zero-order valence-corrected chi connectivity index (χ0v) is 11.6. The first-order valence-corrected chi connectivity index (χ1v) is 7.66. The molecule has 0 heterocycles. The summed E-state index contributed by atoms with van der Waals surface area (Å²) in [6.07, 6.45) is 2.36. The van der Waals surface area contributed by atoms with Gasteiger partial charge < -0.3 is 11.1 Å². The van der Waals surface area contributed by atoms with E-state index in [0.29, 0.717) is 32.5 Å². The van der Waals surface area contributed by atoms with Crippen molar-refractivity contribution in [2.75, 3.05) is 25.9 Å². The highest BCUT2D eigenvalue weighted by molar-refractivity contribution is 7.88. The average Bonchev–Trinajstić information content (AvgIpc) is 2.25. The Morgan fingerprint density at radius 1 is 1.41 bits per heavy atom. The van der Waals surface area contributed by atoms with Crippen molar-refractivity contribution >= 4 is 15.9 Å². The molecule has 7 heteroatoms. The van der Waals surface area contributed by atoms with Crippen molar-refractivity contribution in [2.24, 2.45) is 5.73 Å². The maximum Gasteiger partial charge on any atom is 0.236 e. The topological polar surface area (TPSA) is 92.5 Å². The Bertz CT molecular complexity index is 330. The van der Waals surface area contributed by atoms with Gasteiger partial charge in [-0.15, -0.1) is 0 Å². The molecule has 0 spiro atoms. The van der Waals surface area contributed by atoms with Crippen molar-refractivity contribution in [3.8, 4) is 0 Å². The van der Waals surface area contributed by atoms with E-state index in [0.717, 1.165) is 0 Å². The molecule has 0 aromatic carbocycles. The molecular formula is C10H23N3O3S. The van der Waals surface area contributed by atoms with E-state index in [2.05, 4.69) is 5.32 Å². The third-order valence-electron chi connectivity index (χ3n) is 2.48. The van der Waals surface area contributed by atoms with E-state index >= 15 is 0 Å². The number of amides is 1. The summed E-state index contributed by atoms with van der Waals surface area (Å²) in [5.41, 5.74) is 5.54. The summed E-state index contributed by atoms with van der Waals surface area (Å²) >= 11 is 0. The summed E-state index contributed by atoms with van der Waals surface area (Å²) in [6.45, 7) is 4.93. The molecule has 0 aliphatic carbocycles. The van der Waals surface area contributed by atoms with Gasteiger partial charge in [0.05, 0.1) is 12.3 Å². The van der Waals surface area contributed by atoms with Gasteiger partial charge in [0, 0.05) is 19.6 Å². The molecule has 1 unspecified atom stereocenters. The lowest BCUT2D eigenvalue weighted by atomic mass is 10.2. The Morgan fingerprint density at radius 2 is 2.00 bits per heavy atom. The zero-order valence-electron chi connectivity index (χ0n) is 10.8. The molecule has 0 fully saturated rings. The molecular weight excluding hydrogens is 242 g/mol. The predicted octanol–water partition coefficient (Wildman–Crippen LogP) is -0.488. The summed E-state index contributed by atoms with van der Waals surface area (Å²) < 4.78 is 23.9. The van der Waals surface area contributed by atoms with Crippen LogP contribution in [0.5, 0.6) is 0 Å². The van der Waals surface area contributed by atoms with Gasteiger partial charge in [0.2, 0.25) is 15.9 Å². The van der Waals surface area contributed by atoms with Crippen LogP contribution < -0.4 is 11.1 Å². The first-order chi connectivity index (χ1) is 7.82. The molecule has 17 heavy (non-hydrogen) atoms. The SMILES string of the molecule is CCC(N)C(=O)NCCCN(CC)S(C)(=O)=O. The number of carbonyl (C=O) groups is 1. The minimum Gasteiger partial charge on any atom is -0.355 e. The predicted molar refractivity (Wildman–Crippen MR) is 68.0 cm³/mol. The normalized spacial score (nSPS) is 13.7. The summed E-state index contributed by atoms with van der Waals surface area (Å²) in [5.74, 6) is -0.185. The molecule has 102 valence electrons. The Balaban J connectivity index is 3.89. The van der Waals surface area contributed by atoms with Crippen LogP contribution in [-0.2, 0) is 14.8 Å². The van der Waals surface area contributed by atoms with Crippen LogP contribution >= 0.6 is 0 Å². The Kier molecular flexibility index (Phi) is 7.33. The molecule has 1 amide bonds. The Hall–Kier alpha value is -0.660. The Labute approximate surface area is 104 Å². The van der Waals surface area contributed by atoms with Gasteiger partial charge in [-0.3, -0.25) is 4.79 Å². The van der Waals surface area contributed by atoms with E-state index < -0.39 is 16.1 Å². The lowest BCUT2D eigenvalue weighted by Gasteiger charge is -2.18. The van der Waals surface area contributed by atoms with Crippen LogP contribution in [0.4, 0.5) is 0 Å². The fourth-order valence-electron chi connectivity index (χ4n) is 1.34. The Morgan fingerprint density at radius 3 is 2.41 bits per heavy atom. The van der Waals surface area contributed by atoms with Crippen molar-refractivity contribution in [1.82, 2.24) is 9.62 Å². The molecule has 0 aliphatic rings. The highest BCUT2D eigenvalue weighted by Gasteiger charge is 2.14. The van der Waals surface area contributed by atoms with E-state index in [9.17, 15) is 13.2 Å². The van der Waals surface area contributed by atoms with Crippen molar-refractivity contribution in [3.05, 3.63) is 0 Å². The molecule has 0 aromatic rings. The minimum absolute atomic E-state index is 0.185. The highest BCUT2D eigenvalue weighted by atomic mass is 32.2. The van der Waals surface area contributed by atoms with Gasteiger partial charge >= 0.3 is 0 Å². The van der Waals surface area contributed by atoms with Crippen molar-refractivity contribution < 1.29 is 13.2 Å². The van der Waals surface area contributed by atoms with Crippen molar-refractivity contribution in [1.29, 1.82) is 0 Å². The maximum absolute atomic E-state index is 11.3. The van der Waals surface area contributed by atoms with Crippen LogP contribution in [-0.4, -0.2) is 50.6 Å². The molecule has 6 nitrogen and oxygen atoms in total. The molecule has 3 N–H and O–H groups in total. The quantitative estimate of drug-likeness (QED) is 0.579. The van der Waals surface area contributed by atoms with E-state index in [-0.39, 0.29) is 5.91 Å². The molecule has 1 atom stereocenters. The highest BCUT2D eigenvalue weighted by Crippen LogP contribution is 1.98. The molecule has 0 bridgehead atoms. The van der Waals surface area contributed by atoms with Crippen LogP contribution in [0.2, 0.25) is 0 Å². The number of hydrogen-bond donors (Lipinski definition) is 2. The van der Waals surface area contributed by atoms with Crippen LogP contribution in [0, 0.1) is 0 Å². The number of sulfonamides is 1. The van der Waals surface area contributed by atoms with Gasteiger partial charge in [-0.25, -0.2) is 12.7 Å². The lowest BCUT2D eigenvalue weighted by molar-refractivity contribution is -0.122. The largest absolute Gasteiger partial charge is 0.355 e. The molecule has 0 radical (unpaired) electrons. The van der Waals surface area contributed by atoms with Gasteiger partial charge in [-0.1, -0.05) is 13.8 Å². The van der Waals surface area contributed by atoms with Crippen LogP contribution in [0.15, 0.2) is 0 Å². The first-order valence-electron chi connectivity index (χ1n) is 5.81. The van der Waals surface area contributed by atoms with Crippen LogP contribution in [0.3, 0.4) is 0 Å². The monoisotopic (exact) mass is 265 g/mol. The van der Waals surface area contributed by atoms with Crippen molar-refractivity contribution in [3.63, 3.8) is 0 Å². The first kappa shape index (κ1) is 16.3. The summed E-state index contributed by atoms with van der Waals surface area (Å²) in [5, 5.41) is 2.68. The minimum atomic E-state index is -3.14. The molecule has 0 saturated carbocycles. The standard InChI is InChI=1S/C10H23N3O3S/c1-4-9(11)10(14)12-7-6-8-13(5-2)17(3,15)16/h9H,4-8,11H2,1-3H3,(H,12,14). The van der Waals surface area contributed by atoms with Gasteiger partial charge in [-0.05, 0) is 12.8 Å². The summed E-state index contributed by atoms with van der Waals surface area (Å²) in [4.78, 5) is 11.3. The van der Waals surface area contributed by atoms with Gasteiger partial charge in [0.1, 0.15) is 0 Å². The molecule has 0 aromatic heterocycles. The van der Waals surface area contributed by atoms with Gasteiger partial charge in [0.15, 0.2) is 0 Å². The third-order valence-corrected chi connectivity index (χ3v) is 3.86. The van der Waals surface area contributed by atoms with Gasteiger partial charge in [-0.2, -0.15) is 0 Å². The molecule has 0 saturated heterocycles. The fourth-order valence-corrected chi connectivity index (χ4v) is 2.27. The number of nitrogens with two attached hydrogens (primary N) is 1. The van der Waals surface area contributed by atoms with E-state index in [1.165, 1.54) is 10.6 Å². The van der Waals surface area contributed by atoms with Crippen molar-refractivity contribution in [2.45, 2.75) is 32.7 Å². The van der Waals surface area contributed by atoms with Gasteiger partial charge in [0.25, 0.3) is 0 Å². The molecule has 0 aliphatic heterocycles. The maximum atomic E-state index is 11.3. The fraction of sp³-hybridized carbons (Fsp3) is 0.900. The number of hydrogen-bond acceptors (Lipinski definition) is 4. The number of rotatable bonds is 8. The second kappa shape index (κ2) is 7.62. The van der Waals surface area contributed by atoms with E-state index in [1.54, 1.807) is 6.92 Å².